The Morgan fingerprint density at radius 1 is 0.577 bits per heavy atom. The van der Waals surface area contributed by atoms with E-state index in [0.29, 0.717) is 0 Å². The molecular formula is C14H25N9P3+3. The number of fused-ring (bicyclic) bond motifs is 1. The SMILES string of the molecule is c1ccc2c(c1)N[P+]1(N2)N[P+](N2CC2)(N2CC2)N[P+](N2CC2)(N2CC2)N1. The van der Waals surface area contributed by atoms with Crippen LogP contribution >= 0.6 is 23.6 Å². The molecule has 5 N–H and O–H groups in total. The molecule has 1 aromatic carbocycles. The van der Waals surface area contributed by atoms with E-state index < -0.39 is 23.6 Å². The van der Waals surface area contributed by atoms with Crippen LogP contribution in [0.4, 0.5) is 11.4 Å². The fraction of sp³-hybridized carbons (Fsp3) is 0.571. The molecule has 7 rings (SSSR count). The summed E-state index contributed by atoms with van der Waals surface area (Å²) in [5.41, 5.74) is 2.43. The maximum atomic E-state index is 4.26. The number of hydrogen-bond donors (Lipinski definition) is 5. The van der Waals surface area contributed by atoms with Gasteiger partial charge in [-0.1, -0.05) is 12.1 Å². The highest BCUT2D eigenvalue weighted by molar-refractivity contribution is 7.99. The van der Waals surface area contributed by atoms with E-state index in [-0.39, 0.29) is 0 Å². The number of hydrogen-bond acceptors (Lipinski definition) is 9. The van der Waals surface area contributed by atoms with Gasteiger partial charge < -0.3 is 0 Å². The molecule has 5 fully saturated rings. The van der Waals surface area contributed by atoms with Gasteiger partial charge in [-0.15, -0.1) is 18.7 Å². The van der Waals surface area contributed by atoms with Crippen LogP contribution < -0.4 is 24.7 Å². The Balaban J connectivity index is 1.35. The van der Waals surface area contributed by atoms with Gasteiger partial charge in [0.05, 0.1) is 52.4 Å². The molecule has 0 saturated carbocycles. The Bertz CT molecular complexity index is 690. The molecule has 6 aliphatic rings. The molecule has 0 aromatic heterocycles. The second-order valence-corrected chi connectivity index (χ2v) is 16.6. The first-order valence-electron chi connectivity index (χ1n) is 9.45. The van der Waals surface area contributed by atoms with Gasteiger partial charge in [0.2, 0.25) is 0 Å². The lowest BCUT2D eigenvalue weighted by Crippen LogP contribution is -2.53. The normalized spacial score (nSPS) is 33.4. The molecule has 5 saturated heterocycles. The van der Waals surface area contributed by atoms with Gasteiger partial charge in [0.15, 0.2) is 0 Å². The molecule has 0 bridgehead atoms. The van der Waals surface area contributed by atoms with Crippen molar-refractivity contribution in [2.75, 3.05) is 62.5 Å². The molecule has 6 heterocycles. The van der Waals surface area contributed by atoms with Crippen molar-refractivity contribution >= 4 is 35.0 Å². The minimum Gasteiger partial charge on any atom is -0.203 e. The Morgan fingerprint density at radius 2 is 0.962 bits per heavy atom. The second-order valence-electron chi connectivity index (χ2n) is 7.76. The lowest BCUT2D eigenvalue weighted by molar-refractivity contribution is 0.687. The average molecular weight is 412 g/mol. The van der Waals surface area contributed by atoms with Crippen LogP contribution in [0, 0.1) is 0 Å². The van der Waals surface area contributed by atoms with Gasteiger partial charge in [0.25, 0.3) is 0 Å². The summed E-state index contributed by atoms with van der Waals surface area (Å²) < 4.78 is 10.7. The number of benzene rings is 1. The zero-order valence-electron chi connectivity index (χ0n) is 14.6. The van der Waals surface area contributed by atoms with Crippen molar-refractivity contribution in [2.45, 2.75) is 0 Å². The summed E-state index contributed by atoms with van der Waals surface area (Å²) in [6, 6.07) is 8.61. The first-order chi connectivity index (χ1) is 12.7. The first kappa shape index (κ1) is 15.7. The van der Waals surface area contributed by atoms with E-state index in [2.05, 4.69) is 67.7 Å². The summed E-state index contributed by atoms with van der Waals surface area (Å²) in [5, 5.41) is 7.75. The topological polar surface area (TPSA) is 72.2 Å². The van der Waals surface area contributed by atoms with Crippen LogP contribution in [0.2, 0.25) is 0 Å². The van der Waals surface area contributed by atoms with Crippen molar-refractivity contribution in [2.24, 2.45) is 0 Å². The molecule has 0 radical (unpaired) electrons. The third-order valence-corrected chi connectivity index (χ3v) is 18.6. The monoisotopic (exact) mass is 412 g/mol. The lowest BCUT2D eigenvalue weighted by Gasteiger charge is -2.39. The van der Waals surface area contributed by atoms with E-state index in [1.807, 2.05) is 0 Å². The molecule has 26 heavy (non-hydrogen) atoms. The number of nitrogens with one attached hydrogen (secondary N) is 5. The van der Waals surface area contributed by atoms with Crippen LogP contribution in [0.3, 0.4) is 0 Å². The molecule has 138 valence electrons. The van der Waals surface area contributed by atoms with Gasteiger partial charge in [-0.25, -0.2) is 10.2 Å². The van der Waals surface area contributed by atoms with E-state index in [4.69, 9.17) is 0 Å². The highest BCUT2D eigenvalue weighted by Gasteiger charge is 2.85. The zero-order valence-corrected chi connectivity index (χ0v) is 17.3. The van der Waals surface area contributed by atoms with Crippen molar-refractivity contribution in [3.05, 3.63) is 24.3 Å². The Kier molecular flexibility index (Phi) is 3.05. The zero-order chi connectivity index (χ0) is 17.0. The van der Waals surface area contributed by atoms with Crippen LogP contribution in [0.15, 0.2) is 24.3 Å². The maximum Gasteiger partial charge on any atom is 0.420 e. The number of rotatable bonds is 4. The Morgan fingerprint density at radius 3 is 1.31 bits per heavy atom. The number of anilines is 2. The summed E-state index contributed by atoms with van der Waals surface area (Å²) in [4.78, 5) is 12.5. The minimum absolute atomic E-state index is 1.21. The van der Waals surface area contributed by atoms with E-state index >= 15 is 0 Å². The predicted octanol–water partition coefficient (Wildman–Crippen LogP) is 1.60. The molecule has 0 unspecified atom stereocenters. The summed E-state index contributed by atoms with van der Waals surface area (Å²) in [6.07, 6.45) is 0. The van der Waals surface area contributed by atoms with E-state index in [1.165, 1.54) is 63.7 Å². The Labute approximate surface area is 155 Å². The molecule has 1 aromatic rings. The fourth-order valence-corrected chi connectivity index (χ4v) is 20.1. The Hall–Kier alpha value is -0.170. The highest BCUT2D eigenvalue weighted by atomic mass is 31.3. The number of para-hydroxylation sites is 2. The third-order valence-electron chi connectivity index (χ3n) is 5.69. The fourth-order valence-electron chi connectivity index (χ4n) is 4.05. The summed E-state index contributed by atoms with van der Waals surface area (Å²) in [7, 11) is -5.37. The quantitative estimate of drug-likeness (QED) is 0.375. The molecule has 0 amide bonds. The molecule has 12 heteroatoms. The van der Waals surface area contributed by atoms with E-state index in [1.54, 1.807) is 0 Å². The minimum atomic E-state index is -1.95. The summed E-state index contributed by atoms with van der Waals surface area (Å²) in [6.45, 7) is 9.64. The van der Waals surface area contributed by atoms with Gasteiger partial charge in [-0.3, -0.25) is 0 Å². The third kappa shape index (κ3) is 2.22. The first-order valence-corrected chi connectivity index (χ1v) is 14.6. The molecule has 9 nitrogen and oxygen atoms in total. The van der Waals surface area contributed by atoms with Crippen molar-refractivity contribution in [3.63, 3.8) is 0 Å². The lowest BCUT2D eigenvalue weighted by atomic mass is 10.3. The van der Waals surface area contributed by atoms with Crippen LogP contribution in [-0.4, -0.2) is 71.0 Å². The molecule has 1 spiro atoms. The second kappa shape index (κ2) is 5.05. The van der Waals surface area contributed by atoms with E-state index in [9.17, 15) is 0 Å². The van der Waals surface area contributed by atoms with Crippen molar-refractivity contribution in [1.82, 2.24) is 33.3 Å². The largest absolute Gasteiger partial charge is 0.420 e. The van der Waals surface area contributed by atoms with Crippen LogP contribution in [-0.2, 0) is 0 Å². The van der Waals surface area contributed by atoms with Crippen molar-refractivity contribution in [1.29, 1.82) is 0 Å². The van der Waals surface area contributed by atoms with Gasteiger partial charge in [-0.05, 0) is 12.1 Å². The standard InChI is InChI=1S/C14H25N9P3/c1-2-4-14-13(3-1)15-24(16-14)17-25(20-5-6-20,21-7-8-21)19-26(18-24,22-9-10-22)23-11-12-23/h1-4,15-19H,5-12H2/q+3. The average Bonchev–Trinajstić information content (AvgIpc) is 3.47. The van der Waals surface area contributed by atoms with Crippen LogP contribution in [0.5, 0.6) is 0 Å². The molecule has 0 atom stereocenters. The van der Waals surface area contributed by atoms with Crippen LogP contribution in [0.1, 0.15) is 0 Å². The summed E-state index contributed by atoms with van der Waals surface area (Å²) in [5.74, 6) is 0. The molecular weight excluding hydrogens is 387 g/mol. The number of nitrogens with zero attached hydrogens (tertiary/aromatic N) is 4. The maximum absolute atomic E-state index is 4.26. The van der Waals surface area contributed by atoms with Crippen molar-refractivity contribution in [3.8, 4) is 0 Å². The summed E-state index contributed by atoms with van der Waals surface area (Å²) >= 11 is 0. The van der Waals surface area contributed by atoms with Crippen molar-refractivity contribution < 1.29 is 0 Å². The van der Waals surface area contributed by atoms with Gasteiger partial charge in [0, 0.05) is 14.6 Å². The molecule has 0 aliphatic carbocycles. The van der Waals surface area contributed by atoms with Gasteiger partial charge in [0.1, 0.15) is 11.4 Å². The van der Waals surface area contributed by atoms with Gasteiger partial charge >= 0.3 is 23.6 Å². The highest BCUT2D eigenvalue weighted by Crippen LogP contribution is 2.87. The van der Waals surface area contributed by atoms with Gasteiger partial charge in [-0.2, -0.15) is 0 Å². The predicted molar refractivity (Wildman–Crippen MR) is 110 cm³/mol. The molecule has 6 aliphatic heterocycles. The van der Waals surface area contributed by atoms with E-state index in [0.717, 1.165) is 0 Å². The smallest absolute Gasteiger partial charge is 0.203 e. The van der Waals surface area contributed by atoms with Crippen LogP contribution in [0.25, 0.3) is 0 Å².